The van der Waals surface area contributed by atoms with Crippen LogP contribution in [-0.2, 0) is 20.7 Å². The lowest BCUT2D eigenvalue weighted by Gasteiger charge is -2.26. The van der Waals surface area contributed by atoms with E-state index < -0.39 is 17.7 Å². The third-order valence-corrected chi connectivity index (χ3v) is 6.74. The molecule has 1 aromatic heterocycles. The van der Waals surface area contributed by atoms with E-state index in [0.29, 0.717) is 13.2 Å². The van der Waals surface area contributed by atoms with E-state index in [0.717, 1.165) is 58.1 Å². The van der Waals surface area contributed by atoms with Gasteiger partial charge >= 0.3 is 5.97 Å². The number of rotatable bonds is 5. The number of thiophene rings is 1. The summed E-state index contributed by atoms with van der Waals surface area (Å²) in [5.74, 6) is -0.0399. The van der Waals surface area contributed by atoms with E-state index in [1.807, 2.05) is 33.8 Å². The standard InChI is InChI=1S/C25H30O5S/c1-15-20(22(24(26)27)30-25(2,3)4)21(23(31-15)16-9-12-28-13-10-16)18-7-8-19-17(14-18)6-5-11-29-19/h7-9,14,22H,5-6,10-13H2,1-4H3,(H,26,27). The maximum Gasteiger partial charge on any atom is 0.337 e. The predicted molar refractivity (Wildman–Crippen MR) is 123 cm³/mol. The van der Waals surface area contributed by atoms with Crippen molar-refractivity contribution in [3.8, 4) is 16.9 Å². The highest BCUT2D eigenvalue weighted by Crippen LogP contribution is 2.47. The molecule has 0 bridgehead atoms. The van der Waals surface area contributed by atoms with Crippen LogP contribution in [-0.4, -0.2) is 36.5 Å². The van der Waals surface area contributed by atoms with Crippen molar-refractivity contribution >= 4 is 22.9 Å². The molecule has 4 rings (SSSR count). The number of carboxylic acids is 1. The van der Waals surface area contributed by atoms with Crippen LogP contribution in [0.15, 0.2) is 24.3 Å². The van der Waals surface area contributed by atoms with Crippen molar-refractivity contribution in [1.82, 2.24) is 0 Å². The first-order valence-electron chi connectivity index (χ1n) is 10.8. The van der Waals surface area contributed by atoms with Crippen LogP contribution in [0.1, 0.15) is 60.6 Å². The normalized spacial score (nSPS) is 17.5. The maximum absolute atomic E-state index is 12.4. The molecule has 1 atom stereocenters. The number of aliphatic carboxylic acids is 1. The molecule has 2 aromatic rings. The zero-order valence-corrected chi connectivity index (χ0v) is 19.4. The molecule has 31 heavy (non-hydrogen) atoms. The van der Waals surface area contributed by atoms with Gasteiger partial charge in [-0.05, 0) is 75.8 Å². The summed E-state index contributed by atoms with van der Waals surface area (Å²) in [6.07, 6.45) is 3.86. The number of fused-ring (bicyclic) bond motifs is 1. The molecule has 0 radical (unpaired) electrons. The molecule has 1 aromatic carbocycles. The minimum atomic E-state index is -1.03. The lowest BCUT2D eigenvalue weighted by molar-refractivity contribution is -0.160. The lowest BCUT2D eigenvalue weighted by atomic mass is 9.91. The first-order valence-corrected chi connectivity index (χ1v) is 11.6. The predicted octanol–water partition coefficient (Wildman–Crippen LogP) is 5.79. The summed E-state index contributed by atoms with van der Waals surface area (Å²) in [6.45, 7) is 9.67. The van der Waals surface area contributed by atoms with E-state index in [9.17, 15) is 9.90 Å². The van der Waals surface area contributed by atoms with Crippen LogP contribution in [0.2, 0.25) is 0 Å². The monoisotopic (exact) mass is 442 g/mol. The van der Waals surface area contributed by atoms with Crippen molar-refractivity contribution in [2.45, 2.75) is 58.7 Å². The number of hydrogen-bond acceptors (Lipinski definition) is 5. The van der Waals surface area contributed by atoms with Crippen LogP contribution < -0.4 is 4.74 Å². The summed E-state index contributed by atoms with van der Waals surface area (Å²) >= 11 is 1.65. The lowest BCUT2D eigenvalue weighted by Crippen LogP contribution is -2.27. The van der Waals surface area contributed by atoms with Crippen molar-refractivity contribution in [2.75, 3.05) is 19.8 Å². The van der Waals surface area contributed by atoms with Crippen molar-refractivity contribution in [3.63, 3.8) is 0 Å². The quantitative estimate of drug-likeness (QED) is 0.635. The molecule has 0 aliphatic carbocycles. The second-order valence-corrected chi connectivity index (χ2v) is 10.3. The molecule has 0 saturated heterocycles. The molecular weight excluding hydrogens is 412 g/mol. The van der Waals surface area contributed by atoms with Crippen molar-refractivity contribution in [3.05, 3.63) is 45.2 Å². The van der Waals surface area contributed by atoms with Gasteiger partial charge < -0.3 is 19.3 Å². The van der Waals surface area contributed by atoms with E-state index in [-0.39, 0.29) is 0 Å². The highest BCUT2D eigenvalue weighted by molar-refractivity contribution is 7.13. The Bertz CT molecular complexity index is 1010. The molecular formula is C25H30O5S. The van der Waals surface area contributed by atoms with Gasteiger partial charge in [0.15, 0.2) is 6.10 Å². The van der Waals surface area contributed by atoms with Gasteiger partial charge in [-0.3, -0.25) is 0 Å². The second kappa shape index (κ2) is 8.77. The number of aryl methyl sites for hydroxylation is 2. The SMILES string of the molecule is Cc1sc(C2=CCOCC2)c(-c2ccc3c(c2)CCCO3)c1C(OC(C)(C)C)C(=O)O. The highest BCUT2D eigenvalue weighted by atomic mass is 32.1. The van der Waals surface area contributed by atoms with Crippen LogP contribution >= 0.6 is 11.3 Å². The Labute approximate surface area is 187 Å². The molecule has 0 amide bonds. The van der Waals surface area contributed by atoms with Crippen LogP contribution in [0.3, 0.4) is 0 Å². The minimum absolute atomic E-state index is 0.583. The summed E-state index contributed by atoms with van der Waals surface area (Å²) in [5.41, 5.74) is 4.56. The summed E-state index contributed by atoms with van der Waals surface area (Å²) in [4.78, 5) is 14.5. The van der Waals surface area contributed by atoms with E-state index in [1.165, 1.54) is 11.1 Å². The van der Waals surface area contributed by atoms with Crippen LogP contribution in [0.4, 0.5) is 0 Å². The van der Waals surface area contributed by atoms with Crippen molar-refractivity contribution in [2.24, 2.45) is 0 Å². The topological polar surface area (TPSA) is 65.0 Å². The largest absolute Gasteiger partial charge is 0.493 e. The Morgan fingerprint density at radius 3 is 2.71 bits per heavy atom. The third kappa shape index (κ3) is 4.71. The van der Waals surface area contributed by atoms with Gasteiger partial charge in [-0.15, -0.1) is 11.3 Å². The fourth-order valence-corrected chi connectivity index (χ4v) is 5.49. The fourth-order valence-electron chi connectivity index (χ4n) is 4.22. The van der Waals surface area contributed by atoms with Gasteiger partial charge in [0, 0.05) is 20.9 Å². The Balaban J connectivity index is 1.92. The Morgan fingerprint density at radius 2 is 2.03 bits per heavy atom. The summed E-state index contributed by atoms with van der Waals surface area (Å²) in [6, 6.07) is 6.23. The van der Waals surface area contributed by atoms with Crippen LogP contribution in [0.5, 0.6) is 5.75 Å². The van der Waals surface area contributed by atoms with Gasteiger partial charge in [-0.25, -0.2) is 4.79 Å². The summed E-state index contributed by atoms with van der Waals surface area (Å²) in [5, 5.41) is 10.1. The van der Waals surface area contributed by atoms with Gasteiger partial charge in [0.05, 0.1) is 25.4 Å². The average molecular weight is 443 g/mol. The van der Waals surface area contributed by atoms with Crippen molar-refractivity contribution < 1.29 is 24.1 Å². The molecule has 2 aliphatic rings. The molecule has 166 valence electrons. The zero-order chi connectivity index (χ0) is 22.2. The number of ether oxygens (including phenoxy) is 3. The van der Waals surface area contributed by atoms with Crippen LogP contribution in [0, 0.1) is 6.92 Å². The number of benzene rings is 1. The molecule has 0 fully saturated rings. The van der Waals surface area contributed by atoms with Gasteiger partial charge in [-0.1, -0.05) is 12.1 Å². The second-order valence-electron chi connectivity index (χ2n) is 9.05. The highest BCUT2D eigenvalue weighted by Gasteiger charge is 2.34. The van der Waals surface area contributed by atoms with Crippen LogP contribution in [0.25, 0.3) is 16.7 Å². The molecule has 1 N–H and O–H groups in total. The smallest absolute Gasteiger partial charge is 0.337 e. The third-order valence-electron chi connectivity index (χ3n) is 5.54. The van der Waals surface area contributed by atoms with E-state index in [1.54, 1.807) is 11.3 Å². The molecule has 3 heterocycles. The Kier molecular flexibility index (Phi) is 6.24. The molecule has 0 spiro atoms. The zero-order valence-electron chi connectivity index (χ0n) is 18.6. The molecule has 1 unspecified atom stereocenters. The average Bonchev–Trinajstić information content (AvgIpc) is 3.08. The first kappa shape index (κ1) is 22.1. The molecule has 0 saturated carbocycles. The van der Waals surface area contributed by atoms with E-state index in [2.05, 4.69) is 18.2 Å². The minimum Gasteiger partial charge on any atom is -0.493 e. The van der Waals surface area contributed by atoms with Gasteiger partial charge in [0.2, 0.25) is 0 Å². The Hall–Kier alpha value is -2.15. The van der Waals surface area contributed by atoms with Gasteiger partial charge in [0.25, 0.3) is 0 Å². The number of carbonyl (C=O) groups is 1. The summed E-state index contributed by atoms with van der Waals surface area (Å²) < 4.78 is 17.4. The molecule has 5 nitrogen and oxygen atoms in total. The maximum atomic E-state index is 12.4. The summed E-state index contributed by atoms with van der Waals surface area (Å²) in [7, 11) is 0. The number of carboxylic acid groups (broad SMARTS) is 1. The van der Waals surface area contributed by atoms with Gasteiger partial charge in [-0.2, -0.15) is 0 Å². The van der Waals surface area contributed by atoms with Crippen molar-refractivity contribution in [1.29, 1.82) is 0 Å². The molecule has 6 heteroatoms. The Morgan fingerprint density at radius 1 is 1.23 bits per heavy atom. The van der Waals surface area contributed by atoms with E-state index in [4.69, 9.17) is 14.2 Å². The van der Waals surface area contributed by atoms with E-state index >= 15 is 0 Å². The first-order chi connectivity index (χ1) is 14.7. The van der Waals surface area contributed by atoms with Gasteiger partial charge in [0.1, 0.15) is 5.75 Å². The molecule has 2 aliphatic heterocycles. The fraction of sp³-hybridized carbons (Fsp3) is 0.480. The number of hydrogen-bond donors (Lipinski definition) is 1.